The minimum atomic E-state index is -0.0479. The molecule has 6 atom stereocenters. The van der Waals surface area contributed by atoms with Crippen molar-refractivity contribution in [2.75, 3.05) is 0 Å². The molecule has 5 heterocycles. The lowest BCUT2D eigenvalue weighted by molar-refractivity contribution is 0.177. The van der Waals surface area contributed by atoms with Crippen molar-refractivity contribution in [2.45, 2.75) is 170 Å². The van der Waals surface area contributed by atoms with Crippen LogP contribution in [0.3, 0.4) is 0 Å². The Morgan fingerprint density at radius 2 is 0.536 bits per heavy atom. The van der Waals surface area contributed by atoms with Crippen molar-refractivity contribution in [3.8, 4) is 79.5 Å². The van der Waals surface area contributed by atoms with Crippen LogP contribution in [-0.2, 0) is 0 Å². The number of hydrogen-bond acceptors (Lipinski definition) is 8. The molecule has 14 rings (SSSR count). The molecular weight excluding hydrogens is 1040 g/mol. The number of nitrogens with zero attached hydrogens (tertiary/aromatic N) is 2. The maximum absolute atomic E-state index is 6.79. The summed E-state index contributed by atoms with van der Waals surface area (Å²) in [6, 6.07) is 44.7. The van der Waals surface area contributed by atoms with Crippen molar-refractivity contribution in [3.63, 3.8) is 0 Å². The van der Waals surface area contributed by atoms with Gasteiger partial charge in [0.05, 0.1) is 59.4 Å². The highest BCUT2D eigenvalue weighted by Crippen LogP contribution is 2.58. The summed E-state index contributed by atoms with van der Waals surface area (Å²) in [5, 5.41) is 3.92. The van der Waals surface area contributed by atoms with Gasteiger partial charge in [0.2, 0.25) is 0 Å². The van der Waals surface area contributed by atoms with E-state index in [1.54, 1.807) is 0 Å². The van der Waals surface area contributed by atoms with Crippen LogP contribution in [0.5, 0.6) is 34.5 Å². The quantitative estimate of drug-likeness (QED) is 0.0874. The molecule has 2 N–H and O–H groups in total. The number of ether oxygens (including phenoxy) is 6. The first-order chi connectivity index (χ1) is 40.8. The highest BCUT2D eigenvalue weighted by Gasteiger charge is 2.42. The van der Waals surface area contributed by atoms with Crippen molar-refractivity contribution in [2.24, 2.45) is 0 Å². The zero-order chi connectivity index (χ0) is 58.2. The van der Waals surface area contributed by atoms with Crippen molar-refractivity contribution >= 4 is 43.6 Å². The van der Waals surface area contributed by atoms with Crippen LogP contribution in [0.4, 0.5) is 0 Å². The van der Waals surface area contributed by atoms with E-state index < -0.39 is 0 Å². The zero-order valence-corrected chi connectivity index (χ0v) is 50.8. The molecule has 0 saturated carbocycles. The first-order valence-electron chi connectivity index (χ1n) is 31.0. The summed E-state index contributed by atoms with van der Waals surface area (Å²) < 4.78 is 40.7. The molecule has 0 radical (unpaired) electrons. The second-order valence-electron chi connectivity index (χ2n) is 24.0. The first kappa shape index (κ1) is 55.0. The lowest BCUT2D eigenvalue weighted by Gasteiger charge is -2.42. The number of benzene rings is 6. The van der Waals surface area contributed by atoms with E-state index >= 15 is 0 Å². The lowest BCUT2D eigenvalue weighted by Crippen LogP contribution is -2.27. The van der Waals surface area contributed by atoms with E-state index in [0.29, 0.717) is 34.5 Å². The van der Waals surface area contributed by atoms with Crippen molar-refractivity contribution < 1.29 is 28.4 Å². The topological polar surface area (TPSA) is 113 Å². The molecule has 6 unspecified atom stereocenters. The third kappa shape index (κ3) is 9.59. The molecule has 84 heavy (non-hydrogen) atoms. The molecule has 6 aromatic carbocycles. The largest absolute Gasteiger partial charge is 0.487 e. The van der Waals surface area contributed by atoms with Gasteiger partial charge in [-0.3, -0.25) is 0 Å². The Morgan fingerprint density at radius 1 is 0.310 bits per heavy atom. The van der Waals surface area contributed by atoms with E-state index in [1.807, 2.05) is 0 Å². The summed E-state index contributed by atoms with van der Waals surface area (Å²) in [4.78, 5) is 19.3. The Hall–Kier alpha value is -8.24. The van der Waals surface area contributed by atoms with Crippen LogP contribution in [0.2, 0.25) is 0 Å². The summed E-state index contributed by atoms with van der Waals surface area (Å²) in [6.45, 7) is 25.6. The number of aromatic amines is 2. The van der Waals surface area contributed by atoms with E-state index in [0.717, 1.165) is 127 Å². The molecule has 3 aliphatic carbocycles. The van der Waals surface area contributed by atoms with Gasteiger partial charge >= 0.3 is 0 Å². The SMILES string of the molecule is CCC(C)Oc1cc2c(cc1OC(C)CC)-c1cc3[nH]c(cc4nc(cc5[nH]c(cc-2n1)c1cc(OC(C)CC)c(OC(C)CC)cc51)-c1cc2c(cc1-4)C1c4ccccc4C2c2ccccc21)c1cc(OC(C)CC)c(OC(C)CC)cc31. The van der Waals surface area contributed by atoms with Gasteiger partial charge in [0, 0.05) is 77.7 Å². The fraction of sp³-hybridized carbons (Fsp3) is 0.351. The van der Waals surface area contributed by atoms with E-state index in [2.05, 4.69) is 214 Å². The Labute approximate surface area is 493 Å². The minimum Gasteiger partial charge on any atom is -0.487 e. The third-order valence-corrected chi connectivity index (χ3v) is 18.2. The monoisotopic (exact) mass is 1120 g/mol. The molecule has 0 fully saturated rings. The average Bonchev–Trinajstić information content (AvgIpc) is 1.05. The van der Waals surface area contributed by atoms with Crippen LogP contribution < -0.4 is 28.4 Å². The molecule has 3 aromatic heterocycles. The average molecular weight is 1120 g/mol. The van der Waals surface area contributed by atoms with Crippen LogP contribution in [0.1, 0.15) is 167 Å². The number of nitrogens with one attached hydrogen (secondary N) is 2. The smallest absolute Gasteiger partial charge is 0.162 e. The minimum absolute atomic E-state index is 0.0408. The number of rotatable bonds is 18. The lowest BCUT2D eigenvalue weighted by atomic mass is 9.60. The van der Waals surface area contributed by atoms with Gasteiger partial charge in [-0.1, -0.05) is 90.1 Å². The predicted octanol–water partition coefficient (Wildman–Crippen LogP) is 19.3. The predicted molar refractivity (Wildman–Crippen MR) is 342 cm³/mol. The van der Waals surface area contributed by atoms with Crippen LogP contribution in [0, 0.1) is 0 Å². The molecule has 10 heteroatoms. The molecule has 10 nitrogen and oxygen atoms in total. The molecule has 10 bridgehead atoms. The van der Waals surface area contributed by atoms with Crippen molar-refractivity contribution in [3.05, 3.63) is 155 Å². The Bertz CT molecular complexity index is 3920. The van der Waals surface area contributed by atoms with Gasteiger partial charge in [0.15, 0.2) is 34.5 Å². The van der Waals surface area contributed by atoms with Crippen molar-refractivity contribution in [1.82, 2.24) is 19.9 Å². The van der Waals surface area contributed by atoms with Crippen LogP contribution in [0.15, 0.2) is 121 Å². The first-order valence-corrected chi connectivity index (χ1v) is 31.0. The highest BCUT2D eigenvalue weighted by atomic mass is 16.5. The number of fused-ring (bicyclic) bond motifs is 20. The van der Waals surface area contributed by atoms with Gasteiger partial charge in [-0.25, -0.2) is 9.97 Å². The third-order valence-electron chi connectivity index (χ3n) is 18.2. The van der Waals surface area contributed by atoms with Crippen molar-refractivity contribution in [1.29, 1.82) is 0 Å². The number of hydrogen-bond donors (Lipinski definition) is 2. The van der Waals surface area contributed by atoms with Gasteiger partial charge in [-0.05, 0) is 186 Å². The van der Waals surface area contributed by atoms with Crippen LogP contribution >= 0.6 is 0 Å². The normalized spacial score (nSPS) is 16.6. The van der Waals surface area contributed by atoms with Gasteiger partial charge in [0.1, 0.15) is 0 Å². The molecule has 2 aliphatic heterocycles. The summed E-state index contributed by atoms with van der Waals surface area (Å²) in [5.41, 5.74) is 19.0. The van der Waals surface area contributed by atoms with E-state index in [1.165, 1.54) is 33.4 Å². The van der Waals surface area contributed by atoms with Gasteiger partial charge in [0.25, 0.3) is 0 Å². The summed E-state index contributed by atoms with van der Waals surface area (Å²) in [6.07, 6.45) is 4.77. The summed E-state index contributed by atoms with van der Waals surface area (Å²) in [5.74, 6) is 4.36. The van der Waals surface area contributed by atoms with E-state index in [4.69, 9.17) is 38.4 Å². The van der Waals surface area contributed by atoms with E-state index in [-0.39, 0.29) is 48.5 Å². The zero-order valence-electron chi connectivity index (χ0n) is 50.8. The molecule has 0 saturated heterocycles. The highest BCUT2D eigenvalue weighted by molar-refractivity contribution is 6.12. The fourth-order valence-electron chi connectivity index (χ4n) is 12.5. The molecule has 0 amide bonds. The number of H-pyrrole nitrogens is 2. The second-order valence-corrected chi connectivity index (χ2v) is 24.0. The Balaban J connectivity index is 1.17. The molecule has 9 aromatic rings. The maximum atomic E-state index is 6.79. The van der Waals surface area contributed by atoms with Gasteiger partial charge in [-0.15, -0.1) is 0 Å². The number of aromatic nitrogens is 4. The second kappa shape index (κ2) is 22.1. The van der Waals surface area contributed by atoms with Gasteiger partial charge < -0.3 is 38.4 Å². The molecule has 0 spiro atoms. The van der Waals surface area contributed by atoms with E-state index in [9.17, 15) is 0 Å². The summed E-state index contributed by atoms with van der Waals surface area (Å²) in [7, 11) is 0. The van der Waals surface area contributed by atoms with Crippen LogP contribution in [-0.4, -0.2) is 56.6 Å². The van der Waals surface area contributed by atoms with Gasteiger partial charge in [-0.2, -0.15) is 0 Å². The Kier molecular flexibility index (Phi) is 14.4. The standard InChI is InChI=1S/C74H78N4O6/c1-13-39(7)79-67-29-51-53(31-69(67)81-41(9)15-3)63-37-65-55-33-71(83-43(11)17-5)72(84-44(12)18-6)34-56(55)66(78-65)38-64-54-32-70(82-42(10)16-4)68(80-40(8)14-2)30-52(54)62(77-64)36-60-50-28-58-57(27-49(50)59(75-60)35-61(51)76-63)73-45-23-19-21-25-47(45)74(58)48-26-22-20-24-46(48)73/h19-44,73-74,76-77H,13-18H2,1-12H3. The Morgan fingerprint density at radius 3 is 0.774 bits per heavy atom. The maximum Gasteiger partial charge on any atom is 0.162 e. The summed E-state index contributed by atoms with van der Waals surface area (Å²) >= 11 is 0. The molecule has 430 valence electrons. The fourth-order valence-corrected chi connectivity index (χ4v) is 12.5. The van der Waals surface area contributed by atoms with Crippen LogP contribution in [0.25, 0.3) is 88.6 Å². The molecule has 5 aliphatic rings. The molecular formula is C74H78N4O6.